The number of ether oxygens (including phenoxy) is 2. The quantitative estimate of drug-likeness (QED) is 0.268. The molecule has 3 amide bonds. The fourth-order valence-electron chi connectivity index (χ4n) is 3.82. The van der Waals surface area contributed by atoms with Crippen molar-refractivity contribution in [3.05, 3.63) is 92.3 Å². The molecule has 1 aliphatic rings. The summed E-state index contributed by atoms with van der Waals surface area (Å²) in [5, 5.41) is 1.60. The number of imide groups is 1. The van der Waals surface area contributed by atoms with Crippen LogP contribution in [0, 0.1) is 6.92 Å². The standard InChI is InChI=1S/C28H22BrF3N2O5S/c1-16-4-3-5-17(10-16)15-39-22-9-7-20(29)11-18(22)12-24-26(36)34(27(37)40-24)14-25(35)33-21-13-19(28(30,31)32)6-8-23(21)38-2/h3-13H,14-15H2,1-2H3,(H,33,35)/b24-12-. The Balaban J connectivity index is 1.50. The highest BCUT2D eigenvalue weighted by molar-refractivity contribution is 9.10. The first kappa shape index (κ1) is 29.2. The minimum absolute atomic E-state index is 0.0109. The number of alkyl halides is 3. The van der Waals surface area contributed by atoms with E-state index in [2.05, 4.69) is 21.2 Å². The molecule has 0 radical (unpaired) electrons. The summed E-state index contributed by atoms with van der Waals surface area (Å²) in [5.74, 6) is -1.12. The van der Waals surface area contributed by atoms with E-state index in [1.807, 2.05) is 31.2 Å². The summed E-state index contributed by atoms with van der Waals surface area (Å²) in [4.78, 5) is 39.1. The third-order valence-corrected chi connectivity index (χ3v) is 7.11. The number of carbonyl (C=O) groups is 3. The van der Waals surface area contributed by atoms with E-state index in [0.717, 1.165) is 38.7 Å². The molecule has 3 aromatic rings. The van der Waals surface area contributed by atoms with Crippen LogP contribution < -0.4 is 14.8 Å². The summed E-state index contributed by atoms with van der Waals surface area (Å²) in [6.45, 7) is 1.56. The van der Waals surface area contributed by atoms with Gasteiger partial charge in [-0.05, 0) is 66.7 Å². The van der Waals surface area contributed by atoms with Crippen molar-refractivity contribution in [3.8, 4) is 11.5 Å². The van der Waals surface area contributed by atoms with E-state index in [1.54, 1.807) is 18.2 Å². The molecule has 0 atom stereocenters. The maximum atomic E-state index is 13.1. The second-order valence-electron chi connectivity index (χ2n) is 8.69. The van der Waals surface area contributed by atoms with Gasteiger partial charge in [0.25, 0.3) is 11.1 Å². The molecule has 0 spiro atoms. The van der Waals surface area contributed by atoms with Gasteiger partial charge in [-0.15, -0.1) is 0 Å². The molecule has 40 heavy (non-hydrogen) atoms. The Morgan fingerprint density at radius 3 is 2.52 bits per heavy atom. The zero-order valence-electron chi connectivity index (χ0n) is 21.2. The summed E-state index contributed by atoms with van der Waals surface area (Å²) < 4.78 is 51.1. The van der Waals surface area contributed by atoms with Gasteiger partial charge in [-0.25, -0.2) is 0 Å². The van der Waals surface area contributed by atoms with Crippen molar-refractivity contribution in [2.45, 2.75) is 19.7 Å². The lowest BCUT2D eigenvalue weighted by atomic mass is 10.1. The number of rotatable bonds is 8. The molecule has 208 valence electrons. The van der Waals surface area contributed by atoms with E-state index >= 15 is 0 Å². The number of hydrogen-bond acceptors (Lipinski definition) is 6. The number of aryl methyl sites for hydroxylation is 1. The van der Waals surface area contributed by atoms with Gasteiger partial charge in [0.05, 0.1) is 23.3 Å². The lowest BCUT2D eigenvalue weighted by molar-refractivity contribution is -0.137. The van der Waals surface area contributed by atoms with Crippen molar-refractivity contribution in [3.63, 3.8) is 0 Å². The van der Waals surface area contributed by atoms with E-state index in [4.69, 9.17) is 9.47 Å². The second kappa shape index (κ2) is 12.2. The van der Waals surface area contributed by atoms with Crippen molar-refractivity contribution in [1.29, 1.82) is 0 Å². The first-order valence-electron chi connectivity index (χ1n) is 11.7. The summed E-state index contributed by atoms with van der Waals surface area (Å²) in [6.07, 6.45) is -3.15. The van der Waals surface area contributed by atoms with Crippen LogP contribution in [0.25, 0.3) is 6.08 Å². The molecule has 0 bridgehead atoms. The average Bonchev–Trinajstić information content (AvgIpc) is 3.15. The Morgan fingerprint density at radius 1 is 1.07 bits per heavy atom. The monoisotopic (exact) mass is 634 g/mol. The average molecular weight is 635 g/mol. The minimum Gasteiger partial charge on any atom is -0.495 e. The summed E-state index contributed by atoms with van der Waals surface area (Å²) in [6, 6.07) is 15.6. The Hall–Kier alpha value is -3.77. The topological polar surface area (TPSA) is 84.9 Å². The third-order valence-electron chi connectivity index (χ3n) is 5.71. The van der Waals surface area contributed by atoms with Crippen molar-refractivity contribution in [2.75, 3.05) is 19.0 Å². The lowest BCUT2D eigenvalue weighted by Gasteiger charge is -2.16. The van der Waals surface area contributed by atoms with Crippen LogP contribution in [-0.4, -0.2) is 35.6 Å². The predicted octanol–water partition coefficient (Wildman–Crippen LogP) is 7.04. The first-order valence-corrected chi connectivity index (χ1v) is 13.3. The van der Waals surface area contributed by atoms with Gasteiger partial charge in [0.15, 0.2) is 0 Å². The number of anilines is 1. The molecular weight excluding hydrogens is 613 g/mol. The summed E-state index contributed by atoms with van der Waals surface area (Å²) >= 11 is 4.04. The van der Waals surface area contributed by atoms with Crippen LogP contribution in [0.2, 0.25) is 0 Å². The zero-order chi connectivity index (χ0) is 29.0. The Bertz CT molecular complexity index is 1510. The lowest BCUT2D eigenvalue weighted by Crippen LogP contribution is -2.36. The molecule has 1 heterocycles. The summed E-state index contributed by atoms with van der Waals surface area (Å²) in [5.41, 5.74) is 1.34. The highest BCUT2D eigenvalue weighted by Crippen LogP contribution is 2.37. The van der Waals surface area contributed by atoms with Crippen molar-refractivity contribution < 1.29 is 37.0 Å². The van der Waals surface area contributed by atoms with E-state index in [9.17, 15) is 27.6 Å². The number of nitrogens with one attached hydrogen (secondary N) is 1. The molecule has 12 heteroatoms. The van der Waals surface area contributed by atoms with Crippen LogP contribution >= 0.6 is 27.7 Å². The van der Waals surface area contributed by atoms with Crippen molar-refractivity contribution in [1.82, 2.24) is 4.90 Å². The van der Waals surface area contributed by atoms with Crippen LogP contribution in [0.4, 0.5) is 23.7 Å². The fourth-order valence-corrected chi connectivity index (χ4v) is 5.03. The fraction of sp³-hybridized carbons (Fsp3) is 0.179. The van der Waals surface area contributed by atoms with Crippen LogP contribution in [-0.2, 0) is 22.4 Å². The Labute approximate surface area is 240 Å². The molecule has 1 aliphatic heterocycles. The maximum Gasteiger partial charge on any atom is 0.416 e. The SMILES string of the molecule is COc1ccc(C(F)(F)F)cc1NC(=O)CN1C(=O)S/C(=C\c2cc(Br)ccc2OCc2cccc(C)c2)C1=O. The van der Waals surface area contributed by atoms with Gasteiger partial charge in [0, 0.05) is 10.0 Å². The third kappa shape index (κ3) is 7.05. The van der Waals surface area contributed by atoms with E-state index in [0.29, 0.717) is 23.1 Å². The second-order valence-corrected chi connectivity index (χ2v) is 10.6. The number of amides is 3. The van der Waals surface area contributed by atoms with Crippen molar-refractivity contribution >= 4 is 56.5 Å². The maximum absolute atomic E-state index is 13.1. The minimum atomic E-state index is -4.64. The molecule has 1 saturated heterocycles. The molecule has 0 aliphatic carbocycles. The van der Waals surface area contributed by atoms with Gasteiger partial charge in [-0.2, -0.15) is 13.2 Å². The van der Waals surface area contributed by atoms with Crippen LogP contribution in [0.5, 0.6) is 11.5 Å². The number of thioether (sulfide) groups is 1. The van der Waals surface area contributed by atoms with Gasteiger partial charge in [-0.3, -0.25) is 19.3 Å². The van der Waals surface area contributed by atoms with E-state index < -0.39 is 35.3 Å². The number of benzene rings is 3. The van der Waals surface area contributed by atoms with Crippen molar-refractivity contribution in [2.24, 2.45) is 0 Å². The van der Waals surface area contributed by atoms with E-state index in [1.165, 1.54) is 13.2 Å². The molecule has 4 rings (SSSR count). The smallest absolute Gasteiger partial charge is 0.416 e. The van der Waals surface area contributed by atoms with Gasteiger partial charge in [0.1, 0.15) is 24.7 Å². The molecule has 0 saturated carbocycles. The number of halogens is 4. The largest absolute Gasteiger partial charge is 0.495 e. The molecule has 1 N–H and O–H groups in total. The number of hydrogen-bond donors (Lipinski definition) is 1. The van der Waals surface area contributed by atoms with E-state index in [-0.39, 0.29) is 22.9 Å². The van der Waals surface area contributed by atoms with Crippen LogP contribution in [0.15, 0.2) is 70.0 Å². The molecular formula is C28H22BrF3N2O5S. The molecule has 7 nitrogen and oxygen atoms in total. The van der Waals surface area contributed by atoms with Gasteiger partial charge in [0.2, 0.25) is 5.91 Å². The van der Waals surface area contributed by atoms with Crippen LogP contribution in [0.1, 0.15) is 22.3 Å². The van der Waals surface area contributed by atoms with Gasteiger partial charge >= 0.3 is 6.18 Å². The summed E-state index contributed by atoms with van der Waals surface area (Å²) in [7, 11) is 1.24. The predicted molar refractivity (Wildman–Crippen MR) is 149 cm³/mol. The Kier molecular flexibility index (Phi) is 8.89. The Morgan fingerprint density at radius 2 is 1.82 bits per heavy atom. The van der Waals surface area contributed by atoms with Gasteiger partial charge < -0.3 is 14.8 Å². The van der Waals surface area contributed by atoms with Crippen LogP contribution in [0.3, 0.4) is 0 Å². The van der Waals surface area contributed by atoms with Gasteiger partial charge in [-0.1, -0.05) is 45.8 Å². The zero-order valence-corrected chi connectivity index (χ0v) is 23.6. The molecule has 1 fully saturated rings. The highest BCUT2D eigenvalue weighted by atomic mass is 79.9. The first-order chi connectivity index (χ1) is 18.9. The highest BCUT2D eigenvalue weighted by Gasteiger charge is 2.37. The number of carbonyl (C=O) groups excluding carboxylic acids is 3. The number of methoxy groups -OCH3 is 1. The molecule has 0 unspecified atom stereocenters. The normalized spacial score (nSPS) is 14.6. The molecule has 0 aromatic heterocycles. The number of nitrogens with zero attached hydrogens (tertiary/aromatic N) is 1. The molecule has 3 aromatic carbocycles.